The summed E-state index contributed by atoms with van der Waals surface area (Å²) < 4.78 is 0. The number of nitrogens with zero attached hydrogens (tertiary/aromatic N) is 2. The van der Waals surface area contributed by atoms with Crippen LogP contribution < -0.4 is 0 Å². The van der Waals surface area contributed by atoms with Gasteiger partial charge in [-0.2, -0.15) is 0 Å². The van der Waals surface area contributed by atoms with Crippen LogP contribution in [0.15, 0.2) is 12.4 Å². The number of hydrogen-bond acceptors (Lipinski definition) is 3. The quantitative estimate of drug-likeness (QED) is 0.669. The molecule has 0 atom stereocenters. The molecule has 2 rings (SSSR count). The molecule has 0 amide bonds. The van der Waals surface area contributed by atoms with Crippen LogP contribution in [-0.2, 0) is 5.41 Å². The van der Waals surface area contributed by atoms with Crippen LogP contribution in [-0.4, -0.2) is 20.1 Å². The number of rotatable bonds is 0. The molecule has 14 heavy (non-hydrogen) atoms. The minimum absolute atomic E-state index is 0.0210. The van der Waals surface area contributed by atoms with Gasteiger partial charge in [-0.1, -0.05) is 20.8 Å². The van der Waals surface area contributed by atoms with Gasteiger partial charge >= 0.3 is 0 Å². The maximum absolute atomic E-state index is 9.48. The molecule has 0 saturated carbocycles. The third-order valence-electron chi connectivity index (χ3n) is 2.21. The van der Waals surface area contributed by atoms with Gasteiger partial charge in [0.15, 0.2) is 0 Å². The van der Waals surface area contributed by atoms with Gasteiger partial charge in [-0.05, 0) is 6.07 Å². The summed E-state index contributed by atoms with van der Waals surface area (Å²) >= 11 is 0. The molecule has 0 unspecified atom stereocenters. The molecule has 0 aliphatic heterocycles. The normalized spacial score (nSPS) is 12.2. The average Bonchev–Trinajstić information content (AvgIpc) is 2.48. The first kappa shape index (κ1) is 8.99. The number of aromatic amines is 1. The van der Waals surface area contributed by atoms with E-state index in [2.05, 4.69) is 35.7 Å². The topological polar surface area (TPSA) is 61.8 Å². The Hall–Kier alpha value is -1.58. The SMILES string of the molecule is CC(C)(C)c1cc2c(O)ncnc2[nH]1. The molecule has 0 bridgehead atoms. The fourth-order valence-electron chi connectivity index (χ4n) is 1.33. The van der Waals surface area contributed by atoms with Crippen LogP contribution in [0.4, 0.5) is 0 Å². The predicted octanol–water partition coefficient (Wildman–Crippen LogP) is 1.96. The summed E-state index contributed by atoms with van der Waals surface area (Å²) in [6, 6.07) is 1.89. The Morgan fingerprint density at radius 2 is 2.00 bits per heavy atom. The molecule has 2 aromatic heterocycles. The van der Waals surface area contributed by atoms with Gasteiger partial charge in [-0.25, -0.2) is 9.97 Å². The maximum Gasteiger partial charge on any atom is 0.223 e. The standard InChI is InChI=1S/C10H13N3O/c1-10(2,3)7-4-6-8(13-7)11-5-12-9(6)14/h4-5H,1-3H3,(H2,11,12,13,14). The fraction of sp³-hybridized carbons (Fsp3) is 0.400. The van der Waals surface area contributed by atoms with Crippen molar-refractivity contribution in [3.63, 3.8) is 0 Å². The number of aromatic nitrogens is 3. The van der Waals surface area contributed by atoms with Crippen LogP contribution in [0.3, 0.4) is 0 Å². The lowest BCUT2D eigenvalue weighted by molar-refractivity contribution is 0.459. The number of H-pyrrole nitrogens is 1. The Morgan fingerprint density at radius 3 is 2.57 bits per heavy atom. The van der Waals surface area contributed by atoms with E-state index in [-0.39, 0.29) is 11.3 Å². The van der Waals surface area contributed by atoms with Gasteiger partial charge in [0, 0.05) is 11.1 Å². The first-order chi connectivity index (χ1) is 6.48. The molecule has 0 aromatic carbocycles. The Morgan fingerprint density at radius 1 is 1.29 bits per heavy atom. The lowest BCUT2D eigenvalue weighted by Gasteiger charge is -2.15. The van der Waals surface area contributed by atoms with Crippen molar-refractivity contribution in [1.29, 1.82) is 0 Å². The van der Waals surface area contributed by atoms with E-state index in [0.717, 1.165) is 5.69 Å². The summed E-state index contributed by atoms with van der Waals surface area (Å²) in [7, 11) is 0. The Labute approximate surface area is 82.0 Å². The summed E-state index contributed by atoms with van der Waals surface area (Å²) in [5.74, 6) is 0.0294. The molecule has 0 aliphatic rings. The average molecular weight is 191 g/mol. The molecule has 0 saturated heterocycles. The summed E-state index contributed by atoms with van der Waals surface area (Å²) in [6.45, 7) is 6.30. The zero-order valence-electron chi connectivity index (χ0n) is 8.50. The van der Waals surface area contributed by atoms with Crippen LogP contribution in [0, 0.1) is 0 Å². The second kappa shape index (κ2) is 2.70. The monoisotopic (exact) mass is 191 g/mol. The van der Waals surface area contributed by atoms with Crippen molar-refractivity contribution >= 4 is 11.0 Å². The zero-order chi connectivity index (χ0) is 10.3. The molecule has 0 radical (unpaired) electrons. The van der Waals surface area contributed by atoms with Crippen molar-refractivity contribution in [2.75, 3.05) is 0 Å². The van der Waals surface area contributed by atoms with E-state index >= 15 is 0 Å². The van der Waals surface area contributed by atoms with Crippen LogP contribution in [0.1, 0.15) is 26.5 Å². The summed E-state index contributed by atoms with van der Waals surface area (Å²) in [4.78, 5) is 10.9. The van der Waals surface area contributed by atoms with Gasteiger partial charge in [0.05, 0.1) is 5.39 Å². The molecule has 4 nitrogen and oxygen atoms in total. The Kier molecular flexibility index (Phi) is 1.74. The van der Waals surface area contributed by atoms with Gasteiger partial charge < -0.3 is 10.1 Å². The molecule has 0 aliphatic carbocycles. The van der Waals surface area contributed by atoms with Crippen LogP contribution in [0.25, 0.3) is 11.0 Å². The van der Waals surface area contributed by atoms with Gasteiger partial charge in [-0.3, -0.25) is 0 Å². The highest BCUT2D eigenvalue weighted by Crippen LogP contribution is 2.27. The van der Waals surface area contributed by atoms with Crippen molar-refractivity contribution in [2.45, 2.75) is 26.2 Å². The first-order valence-electron chi connectivity index (χ1n) is 4.51. The lowest BCUT2D eigenvalue weighted by Crippen LogP contribution is -2.11. The highest BCUT2D eigenvalue weighted by atomic mass is 16.3. The van der Waals surface area contributed by atoms with Crippen molar-refractivity contribution < 1.29 is 5.11 Å². The molecule has 0 fully saturated rings. The van der Waals surface area contributed by atoms with E-state index in [0.29, 0.717) is 11.0 Å². The summed E-state index contributed by atoms with van der Waals surface area (Å²) in [5, 5.41) is 10.2. The zero-order valence-corrected chi connectivity index (χ0v) is 8.50. The number of hydrogen-bond donors (Lipinski definition) is 2. The first-order valence-corrected chi connectivity index (χ1v) is 4.51. The second-order valence-electron chi connectivity index (χ2n) is 4.39. The van der Waals surface area contributed by atoms with Crippen molar-refractivity contribution in [3.05, 3.63) is 18.1 Å². The molecule has 2 aromatic rings. The molecule has 4 heteroatoms. The molecule has 74 valence electrons. The minimum Gasteiger partial charge on any atom is -0.493 e. The predicted molar refractivity (Wildman–Crippen MR) is 54.3 cm³/mol. The van der Waals surface area contributed by atoms with Gasteiger partial charge in [-0.15, -0.1) is 0 Å². The third-order valence-corrected chi connectivity index (χ3v) is 2.21. The van der Waals surface area contributed by atoms with Crippen molar-refractivity contribution in [3.8, 4) is 5.88 Å². The smallest absolute Gasteiger partial charge is 0.223 e. The van der Waals surface area contributed by atoms with E-state index in [1.165, 1.54) is 6.33 Å². The van der Waals surface area contributed by atoms with Crippen molar-refractivity contribution in [1.82, 2.24) is 15.0 Å². The van der Waals surface area contributed by atoms with E-state index < -0.39 is 0 Å². The van der Waals surface area contributed by atoms with Gasteiger partial charge in [0.25, 0.3) is 0 Å². The molecular formula is C10H13N3O. The second-order valence-corrected chi connectivity index (χ2v) is 4.39. The highest BCUT2D eigenvalue weighted by molar-refractivity contribution is 5.81. The van der Waals surface area contributed by atoms with Crippen molar-refractivity contribution in [2.24, 2.45) is 0 Å². The van der Waals surface area contributed by atoms with Gasteiger partial charge in [0.2, 0.25) is 5.88 Å². The third kappa shape index (κ3) is 1.32. The maximum atomic E-state index is 9.48. The minimum atomic E-state index is 0.0210. The van der Waals surface area contributed by atoms with Gasteiger partial charge in [0.1, 0.15) is 12.0 Å². The van der Waals surface area contributed by atoms with E-state index in [9.17, 15) is 5.11 Å². The molecular weight excluding hydrogens is 178 g/mol. The fourth-order valence-corrected chi connectivity index (χ4v) is 1.33. The van der Waals surface area contributed by atoms with E-state index in [4.69, 9.17) is 0 Å². The molecule has 2 N–H and O–H groups in total. The number of aromatic hydroxyl groups is 1. The lowest BCUT2D eigenvalue weighted by atomic mass is 9.92. The highest BCUT2D eigenvalue weighted by Gasteiger charge is 2.17. The van der Waals surface area contributed by atoms with Crippen LogP contribution in [0.5, 0.6) is 5.88 Å². The Balaban J connectivity index is 2.69. The largest absolute Gasteiger partial charge is 0.493 e. The molecule has 2 heterocycles. The van der Waals surface area contributed by atoms with Crippen LogP contribution >= 0.6 is 0 Å². The summed E-state index contributed by atoms with van der Waals surface area (Å²) in [6.07, 6.45) is 1.35. The Bertz CT molecular complexity index is 468. The number of nitrogens with one attached hydrogen (secondary N) is 1. The van der Waals surface area contributed by atoms with E-state index in [1.807, 2.05) is 6.07 Å². The summed E-state index contributed by atoms with van der Waals surface area (Å²) in [5.41, 5.74) is 1.75. The number of fused-ring (bicyclic) bond motifs is 1. The molecule has 0 spiro atoms. The van der Waals surface area contributed by atoms with E-state index in [1.54, 1.807) is 0 Å². The van der Waals surface area contributed by atoms with Crippen LogP contribution in [0.2, 0.25) is 0 Å².